The van der Waals surface area contributed by atoms with Crippen molar-refractivity contribution in [3.63, 3.8) is 0 Å². The van der Waals surface area contributed by atoms with Gasteiger partial charge in [-0.25, -0.2) is 4.98 Å². The van der Waals surface area contributed by atoms with Crippen LogP contribution in [0.2, 0.25) is 0 Å². The van der Waals surface area contributed by atoms with Crippen LogP contribution in [0.15, 0.2) is 6.20 Å². The average Bonchev–Trinajstić information content (AvgIpc) is 2.83. The maximum atomic E-state index is 12.0. The Labute approximate surface area is 124 Å². The summed E-state index contributed by atoms with van der Waals surface area (Å²) in [4.78, 5) is 30.1. The zero-order valence-electron chi connectivity index (χ0n) is 12.9. The number of carbonyl (C=O) groups excluding carboxylic acids is 2. The van der Waals surface area contributed by atoms with Gasteiger partial charge >= 0.3 is 0 Å². The van der Waals surface area contributed by atoms with E-state index >= 15 is 0 Å². The molecule has 1 aromatic heterocycles. The van der Waals surface area contributed by atoms with Gasteiger partial charge in [0.15, 0.2) is 0 Å². The van der Waals surface area contributed by atoms with Crippen LogP contribution in [0, 0.1) is 0 Å². The van der Waals surface area contributed by atoms with E-state index < -0.39 is 0 Å². The molecule has 0 saturated heterocycles. The van der Waals surface area contributed by atoms with Crippen LogP contribution in [-0.4, -0.2) is 52.6 Å². The summed E-state index contributed by atoms with van der Waals surface area (Å²) in [7, 11) is 1.50. The summed E-state index contributed by atoms with van der Waals surface area (Å²) in [5, 5.41) is 2.82. The number of nitrogens with zero attached hydrogens (tertiary/aromatic N) is 3. The predicted octanol–water partition coefficient (Wildman–Crippen LogP) is 0.571. The Hall–Kier alpha value is -1.89. The van der Waals surface area contributed by atoms with Gasteiger partial charge in [0.05, 0.1) is 6.04 Å². The fourth-order valence-electron chi connectivity index (χ4n) is 2.48. The minimum absolute atomic E-state index is 0.0613. The molecule has 7 heteroatoms. The smallest absolute Gasteiger partial charge is 0.271 e. The van der Waals surface area contributed by atoms with Crippen molar-refractivity contribution in [2.75, 3.05) is 20.3 Å². The van der Waals surface area contributed by atoms with Crippen LogP contribution in [-0.2, 0) is 16.1 Å². The molecular formula is C14H22N4O3. The van der Waals surface area contributed by atoms with E-state index in [2.05, 4.69) is 10.3 Å². The minimum atomic E-state index is -0.186. The van der Waals surface area contributed by atoms with Gasteiger partial charge < -0.3 is 19.5 Å². The number of hydrogen-bond donors (Lipinski definition) is 1. The topological polar surface area (TPSA) is 76.5 Å². The molecule has 7 nitrogen and oxygen atoms in total. The van der Waals surface area contributed by atoms with Gasteiger partial charge in [0, 0.05) is 32.4 Å². The number of aromatic nitrogens is 2. The first-order valence-corrected chi connectivity index (χ1v) is 7.10. The van der Waals surface area contributed by atoms with Crippen molar-refractivity contribution in [3.05, 3.63) is 17.7 Å². The Bertz CT molecular complexity index is 538. The monoisotopic (exact) mass is 294 g/mol. The Balaban J connectivity index is 2.18. The molecule has 1 atom stereocenters. The highest BCUT2D eigenvalue weighted by atomic mass is 16.5. The summed E-state index contributed by atoms with van der Waals surface area (Å²) in [5.74, 6) is 0.487. The molecule has 1 aliphatic rings. The first kappa shape index (κ1) is 15.5. The molecule has 116 valence electrons. The summed E-state index contributed by atoms with van der Waals surface area (Å²) in [5.41, 5.74) is 0.395. The minimum Gasteiger partial charge on any atom is -0.375 e. The molecule has 0 aliphatic carbocycles. The Morgan fingerprint density at radius 2 is 2.19 bits per heavy atom. The zero-order chi connectivity index (χ0) is 15.6. The molecule has 1 aliphatic heterocycles. The quantitative estimate of drug-likeness (QED) is 0.881. The Morgan fingerprint density at radius 3 is 2.81 bits per heavy atom. The largest absolute Gasteiger partial charge is 0.375 e. The van der Waals surface area contributed by atoms with Gasteiger partial charge in [0.1, 0.15) is 18.1 Å². The van der Waals surface area contributed by atoms with E-state index in [1.807, 2.05) is 25.3 Å². The van der Waals surface area contributed by atoms with Crippen molar-refractivity contribution in [1.82, 2.24) is 19.8 Å². The molecule has 0 saturated carbocycles. The van der Waals surface area contributed by atoms with Crippen molar-refractivity contribution < 1.29 is 14.3 Å². The average molecular weight is 294 g/mol. The molecule has 1 N–H and O–H groups in total. The third kappa shape index (κ3) is 3.24. The van der Waals surface area contributed by atoms with Gasteiger partial charge in [-0.3, -0.25) is 9.59 Å². The van der Waals surface area contributed by atoms with E-state index in [0.717, 1.165) is 5.82 Å². The third-order valence-electron chi connectivity index (χ3n) is 3.47. The number of hydrogen-bond acceptors (Lipinski definition) is 4. The van der Waals surface area contributed by atoms with E-state index in [1.54, 1.807) is 11.1 Å². The van der Waals surface area contributed by atoms with E-state index in [1.165, 1.54) is 7.11 Å². The predicted molar refractivity (Wildman–Crippen MR) is 76.8 cm³/mol. The van der Waals surface area contributed by atoms with E-state index in [-0.39, 0.29) is 30.5 Å². The van der Waals surface area contributed by atoms with Crippen molar-refractivity contribution in [1.29, 1.82) is 0 Å². The fourth-order valence-corrected chi connectivity index (χ4v) is 2.48. The molecule has 0 radical (unpaired) electrons. The molecule has 2 heterocycles. The summed E-state index contributed by atoms with van der Waals surface area (Å²) < 4.78 is 6.84. The SMILES string of the molecule is COCC(=O)N1CCn2cc(C(=O)NC(C)C)nc2C1C. The van der Waals surface area contributed by atoms with Crippen LogP contribution in [0.3, 0.4) is 0 Å². The van der Waals surface area contributed by atoms with Gasteiger partial charge in [-0.2, -0.15) is 0 Å². The molecule has 0 aromatic carbocycles. The van der Waals surface area contributed by atoms with E-state index in [0.29, 0.717) is 18.8 Å². The third-order valence-corrected chi connectivity index (χ3v) is 3.47. The van der Waals surface area contributed by atoms with Crippen molar-refractivity contribution in [3.8, 4) is 0 Å². The standard InChI is InChI=1S/C14H22N4O3/c1-9(2)15-14(20)11-7-17-5-6-18(12(19)8-21-4)10(3)13(17)16-11/h7,9-10H,5-6,8H2,1-4H3,(H,15,20). The number of amides is 2. The lowest BCUT2D eigenvalue weighted by Gasteiger charge is -2.33. The van der Waals surface area contributed by atoms with Crippen molar-refractivity contribution in [2.45, 2.75) is 39.4 Å². The lowest BCUT2D eigenvalue weighted by molar-refractivity contribution is -0.138. The van der Waals surface area contributed by atoms with Crippen molar-refractivity contribution in [2.24, 2.45) is 0 Å². The molecule has 0 bridgehead atoms. The molecule has 1 aromatic rings. The number of ether oxygens (including phenoxy) is 1. The number of rotatable bonds is 4. The second-order valence-electron chi connectivity index (χ2n) is 5.50. The maximum Gasteiger partial charge on any atom is 0.271 e. The maximum absolute atomic E-state index is 12.0. The summed E-state index contributed by atoms with van der Waals surface area (Å²) in [6.45, 7) is 7.01. The Kier molecular flexibility index (Phi) is 4.62. The fraction of sp³-hybridized carbons (Fsp3) is 0.643. The normalized spacial score (nSPS) is 17.8. The van der Waals surface area contributed by atoms with Crippen molar-refractivity contribution >= 4 is 11.8 Å². The van der Waals surface area contributed by atoms with Gasteiger partial charge in [-0.1, -0.05) is 0 Å². The summed E-state index contributed by atoms with van der Waals surface area (Å²) in [6, 6.07) is -0.101. The number of methoxy groups -OCH3 is 1. The van der Waals surface area contributed by atoms with Crippen LogP contribution in [0.25, 0.3) is 0 Å². The number of carbonyl (C=O) groups is 2. The lowest BCUT2D eigenvalue weighted by Crippen LogP contribution is -2.42. The summed E-state index contributed by atoms with van der Waals surface area (Å²) >= 11 is 0. The highest BCUT2D eigenvalue weighted by molar-refractivity contribution is 5.92. The van der Waals surface area contributed by atoms with E-state index in [9.17, 15) is 9.59 Å². The molecule has 0 fully saturated rings. The highest BCUT2D eigenvalue weighted by Gasteiger charge is 2.30. The van der Waals surface area contributed by atoms with Crippen LogP contribution >= 0.6 is 0 Å². The van der Waals surface area contributed by atoms with E-state index in [4.69, 9.17) is 4.74 Å². The molecule has 0 spiro atoms. The van der Waals surface area contributed by atoms with Crippen LogP contribution in [0.1, 0.15) is 43.1 Å². The van der Waals surface area contributed by atoms with Crippen LogP contribution < -0.4 is 5.32 Å². The highest BCUT2D eigenvalue weighted by Crippen LogP contribution is 2.24. The zero-order valence-corrected chi connectivity index (χ0v) is 12.9. The second kappa shape index (κ2) is 6.26. The molecule has 2 rings (SSSR count). The first-order valence-electron chi connectivity index (χ1n) is 7.10. The van der Waals surface area contributed by atoms with Crippen LogP contribution in [0.5, 0.6) is 0 Å². The lowest BCUT2D eigenvalue weighted by atomic mass is 10.2. The first-order chi connectivity index (χ1) is 9.93. The van der Waals surface area contributed by atoms with Gasteiger partial charge in [0.2, 0.25) is 5.91 Å². The second-order valence-corrected chi connectivity index (χ2v) is 5.50. The Morgan fingerprint density at radius 1 is 1.48 bits per heavy atom. The van der Waals surface area contributed by atoms with Gasteiger partial charge in [-0.15, -0.1) is 0 Å². The molecule has 21 heavy (non-hydrogen) atoms. The molecule has 1 unspecified atom stereocenters. The van der Waals surface area contributed by atoms with Crippen LogP contribution in [0.4, 0.5) is 0 Å². The van der Waals surface area contributed by atoms with Gasteiger partial charge in [0.25, 0.3) is 5.91 Å². The molecular weight excluding hydrogens is 272 g/mol. The number of nitrogens with one attached hydrogen (secondary N) is 1. The number of imidazole rings is 1. The summed E-state index contributed by atoms with van der Waals surface area (Å²) in [6.07, 6.45) is 1.75. The molecule has 2 amide bonds. The van der Waals surface area contributed by atoms with Gasteiger partial charge in [-0.05, 0) is 20.8 Å². The number of fused-ring (bicyclic) bond motifs is 1.